The zero-order chi connectivity index (χ0) is 14.1. The second-order valence-electron chi connectivity index (χ2n) is 4.73. The van der Waals surface area contributed by atoms with Crippen LogP contribution in [0.5, 0.6) is 0 Å². The summed E-state index contributed by atoms with van der Waals surface area (Å²) in [6.45, 7) is 2.09. The highest BCUT2D eigenvalue weighted by molar-refractivity contribution is 5.82. The van der Waals surface area contributed by atoms with Gasteiger partial charge in [0.25, 0.3) is 0 Å². The molecule has 0 aliphatic carbocycles. The summed E-state index contributed by atoms with van der Waals surface area (Å²) in [4.78, 5) is 13.4. The molecule has 2 aromatic heterocycles. The molecular weight excluding hydrogens is 250 g/mol. The summed E-state index contributed by atoms with van der Waals surface area (Å²) < 4.78 is 4.04. The predicted octanol–water partition coefficient (Wildman–Crippen LogP) is 2.62. The first-order valence-corrected chi connectivity index (χ1v) is 6.67. The molecule has 3 aromatic rings. The van der Waals surface area contributed by atoms with Gasteiger partial charge in [0, 0.05) is 20.5 Å². The molecule has 0 spiro atoms. The highest BCUT2D eigenvalue weighted by atomic mass is 15.2. The van der Waals surface area contributed by atoms with Gasteiger partial charge in [-0.15, -0.1) is 0 Å². The Morgan fingerprint density at radius 3 is 2.70 bits per heavy atom. The van der Waals surface area contributed by atoms with Gasteiger partial charge in [-0.1, -0.05) is 19.1 Å². The maximum absolute atomic E-state index is 4.52. The van der Waals surface area contributed by atoms with Gasteiger partial charge in [0.05, 0.1) is 29.1 Å². The minimum Gasteiger partial charge on any atom is -0.330 e. The topological polar surface area (TPSA) is 48.0 Å². The fourth-order valence-electron chi connectivity index (χ4n) is 2.28. The van der Waals surface area contributed by atoms with Crippen molar-refractivity contribution < 1.29 is 0 Å². The van der Waals surface area contributed by atoms with E-state index in [1.54, 1.807) is 0 Å². The molecule has 0 radical (unpaired) electrons. The Balaban J connectivity index is 1.98. The van der Waals surface area contributed by atoms with E-state index in [-0.39, 0.29) is 0 Å². The number of benzene rings is 1. The Bertz CT molecular complexity index is 779. The summed E-state index contributed by atoms with van der Waals surface area (Å²) in [6, 6.07) is 8.03. The molecule has 5 heteroatoms. The molecule has 0 bridgehead atoms. The minimum atomic E-state index is 0.699. The fourth-order valence-corrected chi connectivity index (χ4v) is 2.28. The lowest BCUT2D eigenvalue weighted by atomic mass is 10.3. The summed E-state index contributed by atoms with van der Waals surface area (Å²) in [6.07, 6.45) is 4.56. The maximum Gasteiger partial charge on any atom is 0.230 e. The normalized spacial score (nSPS) is 11.8. The number of nitrogens with zero attached hydrogens (tertiary/aromatic N) is 5. The summed E-state index contributed by atoms with van der Waals surface area (Å²) in [5, 5.41) is 0. The standard InChI is InChI=1S/C15H17N5/c1-4-14-16-9-11(19(14)2)10-17-15-18-12-7-5-6-8-13(12)20(15)3/h5-10H,4H2,1-3H3. The third kappa shape index (κ3) is 2.01. The molecule has 5 nitrogen and oxygen atoms in total. The smallest absolute Gasteiger partial charge is 0.230 e. The zero-order valence-corrected chi connectivity index (χ0v) is 11.9. The van der Waals surface area contributed by atoms with E-state index in [1.165, 1.54) is 0 Å². The second kappa shape index (κ2) is 4.92. The SMILES string of the molecule is CCc1ncc(C=Nc2nc3ccccc3n2C)n1C. The van der Waals surface area contributed by atoms with Crippen molar-refractivity contribution in [3.05, 3.63) is 42.0 Å². The van der Waals surface area contributed by atoms with Crippen LogP contribution in [0.3, 0.4) is 0 Å². The lowest BCUT2D eigenvalue weighted by Gasteiger charge is -1.99. The maximum atomic E-state index is 4.52. The summed E-state index contributed by atoms with van der Waals surface area (Å²) in [5.41, 5.74) is 3.02. The number of aryl methyl sites for hydroxylation is 2. The Hall–Kier alpha value is -2.43. The van der Waals surface area contributed by atoms with Crippen molar-refractivity contribution in [2.75, 3.05) is 0 Å². The molecule has 20 heavy (non-hydrogen) atoms. The number of aliphatic imine (C=N–C) groups is 1. The number of hydrogen-bond donors (Lipinski definition) is 0. The summed E-state index contributed by atoms with van der Waals surface area (Å²) >= 11 is 0. The number of rotatable bonds is 3. The molecule has 2 heterocycles. The number of aromatic nitrogens is 4. The lowest BCUT2D eigenvalue weighted by molar-refractivity contribution is 0.803. The van der Waals surface area contributed by atoms with Crippen molar-refractivity contribution in [3.63, 3.8) is 0 Å². The highest BCUT2D eigenvalue weighted by Crippen LogP contribution is 2.19. The molecular formula is C15H17N5. The number of fused-ring (bicyclic) bond motifs is 1. The van der Waals surface area contributed by atoms with Crippen molar-refractivity contribution in [3.8, 4) is 0 Å². The van der Waals surface area contributed by atoms with E-state index in [4.69, 9.17) is 0 Å². The molecule has 0 aliphatic heterocycles. The molecule has 102 valence electrons. The first kappa shape index (κ1) is 12.6. The van der Waals surface area contributed by atoms with Crippen LogP contribution in [0, 0.1) is 0 Å². The van der Waals surface area contributed by atoms with Gasteiger partial charge in [-0.05, 0) is 12.1 Å². The molecule has 0 amide bonds. The molecule has 0 unspecified atom stereocenters. The van der Waals surface area contributed by atoms with Crippen LogP contribution in [-0.4, -0.2) is 25.3 Å². The van der Waals surface area contributed by atoms with Crippen LogP contribution in [-0.2, 0) is 20.5 Å². The van der Waals surface area contributed by atoms with Gasteiger partial charge >= 0.3 is 0 Å². The van der Waals surface area contributed by atoms with Gasteiger partial charge < -0.3 is 9.13 Å². The second-order valence-corrected chi connectivity index (χ2v) is 4.73. The van der Waals surface area contributed by atoms with Crippen LogP contribution < -0.4 is 0 Å². The average molecular weight is 267 g/mol. The van der Waals surface area contributed by atoms with Gasteiger partial charge in [0.2, 0.25) is 5.95 Å². The van der Waals surface area contributed by atoms with Crippen LogP contribution in [0.4, 0.5) is 5.95 Å². The van der Waals surface area contributed by atoms with Crippen LogP contribution in [0.15, 0.2) is 35.5 Å². The van der Waals surface area contributed by atoms with Crippen molar-refractivity contribution in [2.24, 2.45) is 19.1 Å². The van der Waals surface area contributed by atoms with Gasteiger partial charge in [-0.3, -0.25) is 0 Å². The number of imidazole rings is 2. The summed E-state index contributed by atoms with van der Waals surface area (Å²) in [5.74, 6) is 1.75. The first-order valence-electron chi connectivity index (χ1n) is 6.67. The van der Waals surface area contributed by atoms with Crippen molar-refractivity contribution in [1.29, 1.82) is 0 Å². The molecule has 3 rings (SSSR count). The van der Waals surface area contributed by atoms with E-state index in [2.05, 4.69) is 21.9 Å². The van der Waals surface area contributed by atoms with Gasteiger partial charge in [-0.25, -0.2) is 15.0 Å². The molecule has 1 aromatic carbocycles. The van der Waals surface area contributed by atoms with E-state index < -0.39 is 0 Å². The van der Waals surface area contributed by atoms with Gasteiger partial charge in [0.15, 0.2) is 0 Å². The molecule has 0 saturated heterocycles. The zero-order valence-electron chi connectivity index (χ0n) is 11.9. The van der Waals surface area contributed by atoms with Crippen molar-refractivity contribution in [2.45, 2.75) is 13.3 Å². The predicted molar refractivity (Wildman–Crippen MR) is 80.6 cm³/mol. The van der Waals surface area contributed by atoms with Crippen molar-refractivity contribution in [1.82, 2.24) is 19.1 Å². The largest absolute Gasteiger partial charge is 0.330 e. The van der Waals surface area contributed by atoms with Gasteiger partial charge in [-0.2, -0.15) is 0 Å². The molecule has 0 atom stereocenters. The number of hydrogen-bond acceptors (Lipinski definition) is 3. The average Bonchev–Trinajstić information content (AvgIpc) is 2.98. The Morgan fingerprint density at radius 1 is 1.20 bits per heavy atom. The number of para-hydroxylation sites is 2. The third-order valence-electron chi connectivity index (χ3n) is 3.51. The molecule has 0 saturated carbocycles. The van der Waals surface area contributed by atoms with E-state index in [1.807, 2.05) is 59.9 Å². The third-order valence-corrected chi connectivity index (χ3v) is 3.51. The van der Waals surface area contributed by atoms with E-state index in [0.717, 1.165) is 29.0 Å². The molecule has 0 fully saturated rings. The van der Waals surface area contributed by atoms with Crippen LogP contribution >= 0.6 is 0 Å². The van der Waals surface area contributed by atoms with Gasteiger partial charge in [0.1, 0.15) is 5.82 Å². The highest BCUT2D eigenvalue weighted by Gasteiger charge is 2.06. The lowest BCUT2D eigenvalue weighted by Crippen LogP contribution is -2.00. The van der Waals surface area contributed by atoms with E-state index in [9.17, 15) is 0 Å². The monoisotopic (exact) mass is 267 g/mol. The Morgan fingerprint density at radius 2 is 2.00 bits per heavy atom. The van der Waals surface area contributed by atoms with Crippen LogP contribution in [0.2, 0.25) is 0 Å². The van der Waals surface area contributed by atoms with Crippen molar-refractivity contribution >= 4 is 23.2 Å². The first-order chi connectivity index (χ1) is 9.70. The van der Waals surface area contributed by atoms with Crippen LogP contribution in [0.25, 0.3) is 11.0 Å². The van der Waals surface area contributed by atoms with E-state index in [0.29, 0.717) is 5.95 Å². The fraction of sp³-hybridized carbons (Fsp3) is 0.267. The Kier molecular flexibility index (Phi) is 3.10. The quantitative estimate of drug-likeness (QED) is 0.685. The van der Waals surface area contributed by atoms with Crippen LogP contribution in [0.1, 0.15) is 18.4 Å². The minimum absolute atomic E-state index is 0.699. The Labute approximate surface area is 117 Å². The summed E-state index contributed by atoms with van der Waals surface area (Å²) in [7, 11) is 3.98. The molecule has 0 aliphatic rings. The molecule has 0 N–H and O–H groups in total. The van der Waals surface area contributed by atoms with E-state index >= 15 is 0 Å².